The molecule has 0 unspecified atom stereocenters. The molecule has 0 fully saturated rings. The second-order valence-electron chi connectivity index (χ2n) is 4.45. The highest BCUT2D eigenvalue weighted by atomic mass is 16.5. The number of aromatic nitrogens is 2. The van der Waals surface area contributed by atoms with Gasteiger partial charge in [0.25, 0.3) is 5.91 Å². The summed E-state index contributed by atoms with van der Waals surface area (Å²) in [4.78, 5) is 31.8. The summed E-state index contributed by atoms with van der Waals surface area (Å²) in [5, 5.41) is 2.73. The number of hydrogen-bond acceptors (Lipinski definition) is 5. The number of hydrogen-bond donors (Lipinski definition) is 1. The first-order valence-electron chi connectivity index (χ1n) is 6.31. The van der Waals surface area contributed by atoms with E-state index >= 15 is 0 Å². The van der Waals surface area contributed by atoms with Crippen molar-refractivity contribution in [1.82, 2.24) is 9.97 Å². The molecule has 0 radical (unpaired) electrons. The molecule has 0 atom stereocenters. The van der Waals surface area contributed by atoms with Crippen LogP contribution in [0, 0.1) is 13.8 Å². The molecular weight excluding hydrogens is 270 g/mol. The van der Waals surface area contributed by atoms with Crippen LogP contribution in [0.15, 0.2) is 30.6 Å². The highest BCUT2D eigenvalue weighted by Gasteiger charge is 2.15. The Labute approximate surface area is 122 Å². The van der Waals surface area contributed by atoms with Crippen LogP contribution in [-0.2, 0) is 4.74 Å². The zero-order valence-corrected chi connectivity index (χ0v) is 12.0. The summed E-state index contributed by atoms with van der Waals surface area (Å²) in [6, 6.07) is 6.53. The molecule has 0 spiro atoms. The molecular formula is C15H15N3O3. The van der Waals surface area contributed by atoms with Crippen molar-refractivity contribution in [3.05, 3.63) is 53.1 Å². The van der Waals surface area contributed by atoms with Gasteiger partial charge in [-0.1, -0.05) is 6.07 Å². The summed E-state index contributed by atoms with van der Waals surface area (Å²) in [7, 11) is 1.31. The van der Waals surface area contributed by atoms with Crippen LogP contribution in [0.25, 0.3) is 0 Å². The summed E-state index contributed by atoms with van der Waals surface area (Å²) in [6.45, 7) is 3.49. The van der Waals surface area contributed by atoms with Crippen molar-refractivity contribution in [3.63, 3.8) is 0 Å². The van der Waals surface area contributed by atoms with Gasteiger partial charge in [0.05, 0.1) is 29.6 Å². The zero-order chi connectivity index (χ0) is 15.4. The third-order valence-corrected chi connectivity index (χ3v) is 2.99. The van der Waals surface area contributed by atoms with E-state index in [1.54, 1.807) is 38.1 Å². The van der Waals surface area contributed by atoms with Crippen molar-refractivity contribution in [1.29, 1.82) is 0 Å². The van der Waals surface area contributed by atoms with Crippen LogP contribution in [0.4, 0.5) is 5.69 Å². The van der Waals surface area contributed by atoms with Gasteiger partial charge < -0.3 is 10.1 Å². The maximum Gasteiger partial charge on any atom is 0.337 e. The second-order valence-corrected chi connectivity index (χ2v) is 4.45. The molecule has 1 aromatic heterocycles. The highest BCUT2D eigenvalue weighted by Crippen LogP contribution is 2.15. The van der Waals surface area contributed by atoms with E-state index in [0.29, 0.717) is 28.2 Å². The largest absolute Gasteiger partial charge is 0.465 e. The molecule has 1 aromatic carbocycles. The van der Waals surface area contributed by atoms with E-state index in [9.17, 15) is 9.59 Å². The predicted octanol–water partition coefficient (Wildman–Crippen LogP) is 2.13. The Morgan fingerprint density at radius 2 is 1.81 bits per heavy atom. The zero-order valence-electron chi connectivity index (χ0n) is 12.0. The minimum Gasteiger partial charge on any atom is -0.465 e. The molecule has 1 amide bonds. The van der Waals surface area contributed by atoms with Crippen molar-refractivity contribution >= 4 is 17.6 Å². The predicted molar refractivity (Wildman–Crippen MR) is 77.2 cm³/mol. The first kappa shape index (κ1) is 14.6. The fraction of sp³-hybridized carbons (Fsp3) is 0.200. The summed E-state index contributed by atoms with van der Waals surface area (Å²) in [5.41, 5.74) is 2.51. The van der Waals surface area contributed by atoms with Crippen LogP contribution in [0.1, 0.15) is 32.1 Å². The number of amides is 1. The van der Waals surface area contributed by atoms with Crippen LogP contribution >= 0.6 is 0 Å². The molecule has 1 N–H and O–H groups in total. The quantitative estimate of drug-likeness (QED) is 0.874. The molecule has 0 saturated heterocycles. The molecule has 1 heterocycles. The number of carbonyl (C=O) groups excluding carboxylic acids is 2. The lowest BCUT2D eigenvalue weighted by Gasteiger charge is -2.09. The van der Waals surface area contributed by atoms with Crippen LogP contribution in [-0.4, -0.2) is 29.0 Å². The van der Waals surface area contributed by atoms with Gasteiger partial charge in [-0.3, -0.25) is 4.79 Å². The van der Waals surface area contributed by atoms with Gasteiger partial charge in [0, 0.05) is 5.69 Å². The Hall–Kier alpha value is -2.76. The smallest absolute Gasteiger partial charge is 0.337 e. The van der Waals surface area contributed by atoms with Crippen LogP contribution in [0.3, 0.4) is 0 Å². The van der Waals surface area contributed by atoms with E-state index in [1.807, 2.05) is 0 Å². The maximum absolute atomic E-state index is 12.3. The number of anilines is 1. The van der Waals surface area contributed by atoms with Crippen LogP contribution < -0.4 is 5.32 Å². The third-order valence-electron chi connectivity index (χ3n) is 2.99. The van der Waals surface area contributed by atoms with E-state index in [2.05, 4.69) is 20.0 Å². The Bertz CT molecular complexity index is 678. The monoisotopic (exact) mass is 285 g/mol. The number of methoxy groups -OCH3 is 1. The number of aryl methyl sites for hydroxylation is 2. The minimum atomic E-state index is -0.457. The third kappa shape index (κ3) is 3.22. The van der Waals surface area contributed by atoms with Gasteiger partial charge >= 0.3 is 5.97 Å². The first-order chi connectivity index (χ1) is 10.0. The number of nitrogens with zero attached hydrogens (tertiary/aromatic N) is 2. The van der Waals surface area contributed by atoms with E-state index in [4.69, 9.17) is 0 Å². The molecule has 0 aliphatic carbocycles. The fourth-order valence-corrected chi connectivity index (χ4v) is 1.96. The normalized spacial score (nSPS) is 10.0. The average molecular weight is 285 g/mol. The Morgan fingerprint density at radius 3 is 2.43 bits per heavy atom. The lowest BCUT2D eigenvalue weighted by Crippen LogP contribution is -2.17. The van der Waals surface area contributed by atoms with Gasteiger partial charge in [-0.25, -0.2) is 14.8 Å². The average Bonchev–Trinajstić information content (AvgIpc) is 2.46. The van der Waals surface area contributed by atoms with Gasteiger partial charge in [0.1, 0.15) is 6.33 Å². The van der Waals surface area contributed by atoms with Gasteiger partial charge in [0.15, 0.2) is 0 Å². The number of esters is 1. The number of nitrogens with one attached hydrogen (secondary N) is 1. The van der Waals surface area contributed by atoms with Crippen molar-refractivity contribution in [2.75, 3.05) is 12.4 Å². The molecule has 0 aliphatic heterocycles. The molecule has 108 valence electrons. The number of rotatable bonds is 3. The molecule has 0 aliphatic rings. The summed E-state index contributed by atoms with van der Waals surface area (Å²) in [5.74, 6) is -0.769. The van der Waals surface area contributed by atoms with Gasteiger partial charge in [-0.05, 0) is 32.0 Å². The lowest BCUT2D eigenvalue weighted by atomic mass is 10.1. The molecule has 2 aromatic rings. The molecule has 6 heteroatoms. The van der Waals surface area contributed by atoms with Gasteiger partial charge in [-0.2, -0.15) is 0 Å². The van der Waals surface area contributed by atoms with E-state index in [1.165, 1.54) is 13.4 Å². The van der Waals surface area contributed by atoms with Crippen molar-refractivity contribution < 1.29 is 14.3 Å². The summed E-state index contributed by atoms with van der Waals surface area (Å²) < 4.78 is 4.65. The lowest BCUT2D eigenvalue weighted by molar-refractivity contribution is 0.0600. The van der Waals surface area contributed by atoms with Crippen molar-refractivity contribution in [2.24, 2.45) is 0 Å². The fourth-order valence-electron chi connectivity index (χ4n) is 1.96. The molecule has 6 nitrogen and oxygen atoms in total. The molecule has 0 saturated carbocycles. The van der Waals surface area contributed by atoms with E-state index in [-0.39, 0.29) is 5.91 Å². The molecule has 0 bridgehead atoms. The number of benzene rings is 1. The van der Waals surface area contributed by atoms with Crippen LogP contribution in [0.5, 0.6) is 0 Å². The second kappa shape index (κ2) is 6.13. The van der Waals surface area contributed by atoms with E-state index < -0.39 is 5.97 Å². The van der Waals surface area contributed by atoms with E-state index in [0.717, 1.165) is 0 Å². The highest BCUT2D eigenvalue weighted by molar-refractivity contribution is 6.06. The Kier molecular flexibility index (Phi) is 4.27. The standard InChI is InChI=1S/C15H15N3O3/c1-9-13(10(2)17-8-16-9)14(19)18-12-6-4-5-11(7-12)15(20)21-3/h4-8H,1-3H3,(H,18,19). The first-order valence-corrected chi connectivity index (χ1v) is 6.31. The van der Waals surface area contributed by atoms with Crippen molar-refractivity contribution in [3.8, 4) is 0 Å². The maximum atomic E-state index is 12.3. The van der Waals surface area contributed by atoms with Crippen molar-refractivity contribution in [2.45, 2.75) is 13.8 Å². The van der Waals surface area contributed by atoms with Gasteiger partial charge in [0.2, 0.25) is 0 Å². The SMILES string of the molecule is COC(=O)c1cccc(NC(=O)c2c(C)ncnc2C)c1. The van der Waals surface area contributed by atoms with Gasteiger partial charge in [-0.15, -0.1) is 0 Å². The Balaban J connectivity index is 2.26. The summed E-state index contributed by atoms with van der Waals surface area (Å²) in [6.07, 6.45) is 1.42. The topological polar surface area (TPSA) is 81.2 Å². The summed E-state index contributed by atoms with van der Waals surface area (Å²) >= 11 is 0. The molecule has 2 rings (SSSR count). The molecule has 21 heavy (non-hydrogen) atoms. The van der Waals surface area contributed by atoms with Crippen LogP contribution in [0.2, 0.25) is 0 Å². The number of carbonyl (C=O) groups is 2. The minimum absolute atomic E-state index is 0.312. The Morgan fingerprint density at radius 1 is 1.14 bits per heavy atom. The number of ether oxygens (including phenoxy) is 1.